The molecule has 0 aliphatic heterocycles. The minimum Gasteiger partial charge on any atom is -0.491 e. The van der Waals surface area contributed by atoms with Crippen LogP contribution in [0.15, 0.2) is 30.3 Å². The van der Waals surface area contributed by atoms with Crippen molar-refractivity contribution in [3.8, 4) is 5.75 Å². The summed E-state index contributed by atoms with van der Waals surface area (Å²) in [6.07, 6.45) is -0.706. The first-order valence-corrected chi connectivity index (χ1v) is 5.92. The standard InChI is InChI=1S/C13H21NO4/c1-13(9-15,10-16)14-7-11(17)8-18-12-5-3-2-4-6-12/h2-6,11,14-17H,7-10H2,1H3. The van der Waals surface area contributed by atoms with Crippen molar-refractivity contribution in [1.29, 1.82) is 0 Å². The summed E-state index contributed by atoms with van der Waals surface area (Å²) in [5.41, 5.74) is -0.784. The number of aliphatic hydroxyl groups is 3. The predicted molar refractivity (Wildman–Crippen MR) is 68.5 cm³/mol. The zero-order valence-corrected chi connectivity index (χ0v) is 10.5. The average Bonchev–Trinajstić information content (AvgIpc) is 2.43. The number of ether oxygens (including phenoxy) is 1. The lowest BCUT2D eigenvalue weighted by Crippen LogP contribution is -2.52. The van der Waals surface area contributed by atoms with E-state index in [-0.39, 0.29) is 26.4 Å². The highest BCUT2D eigenvalue weighted by molar-refractivity contribution is 5.20. The normalized spacial score (nSPS) is 13.3. The fraction of sp³-hybridized carbons (Fsp3) is 0.538. The van der Waals surface area contributed by atoms with Crippen molar-refractivity contribution < 1.29 is 20.1 Å². The Bertz CT molecular complexity index is 327. The summed E-state index contributed by atoms with van der Waals surface area (Å²) >= 11 is 0. The molecule has 0 bridgehead atoms. The maximum absolute atomic E-state index is 9.71. The second-order valence-electron chi connectivity index (χ2n) is 4.54. The average molecular weight is 255 g/mol. The summed E-state index contributed by atoms with van der Waals surface area (Å²) in [6, 6.07) is 9.22. The molecule has 0 radical (unpaired) electrons. The quantitative estimate of drug-likeness (QED) is 0.515. The van der Waals surface area contributed by atoms with Crippen LogP contribution in [0, 0.1) is 0 Å². The number of β-amino-alcohol motifs (C(OH)–C–C–N with tert-alkyl or cyclic N) is 1. The van der Waals surface area contributed by atoms with Gasteiger partial charge in [0.1, 0.15) is 18.5 Å². The van der Waals surface area contributed by atoms with E-state index in [9.17, 15) is 5.11 Å². The summed E-state index contributed by atoms with van der Waals surface area (Å²) < 4.78 is 5.39. The first-order valence-electron chi connectivity index (χ1n) is 5.92. The Labute approximate surface area is 107 Å². The van der Waals surface area contributed by atoms with Crippen molar-refractivity contribution in [2.45, 2.75) is 18.6 Å². The number of aliphatic hydroxyl groups excluding tert-OH is 3. The molecule has 18 heavy (non-hydrogen) atoms. The van der Waals surface area contributed by atoms with Gasteiger partial charge in [-0.1, -0.05) is 18.2 Å². The van der Waals surface area contributed by atoms with Crippen molar-refractivity contribution in [2.24, 2.45) is 0 Å². The van der Waals surface area contributed by atoms with Gasteiger partial charge in [-0.05, 0) is 19.1 Å². The lowest BCUT2D eigenvalue weighted by molar-refractivity contribution is 0.0666. The van der Waals surface area contributed by atoms with E-state index in [1.807, 2.05) is 30.3 Å². The summed E-state index contributed by atoms with van der Waals surface area (Å²) in [7, 11) is 0. The molecule has 0 saturated carbocycles. The number of hydrogen-bond acceptors (Lipinski definition) is 5. The predicted octanol–water partition coefficient (Wildman–Crippen LogP) is -0.241. The van der Waals surface area contributed by atoms with Crippen LogP contribution in [0.25, 0.3) is 0 Å². The van der Waals surface area contributed by atoms with E-state index >= 15 is 0 Å². The lowest BCUT2D eigenvalue weighted by Gasteiger charge is -2.27. The van der Waals surface area contributed by atoms with Gasteiger partial charge in [-0.3, -0.25) is 0 Å². The third kappa shape index (κ3) is 5.01. The lowest BCUT2D eigenvalue weighted by atomic mass is 10.1. The summed E-state index contributed by atoms with van der Waals surface area (Å²) in [5, 5.41) is 30.8. The molecule has 0 amide bonds. The SMILES string of the molecule is CC(CO)(CO)NCC(O)COc1ccccc1. The molecule has 0 heterocycles. The third-order valence-corrected chi connectivity index (χ3v) is 2.65. The molecule has 0 fully saturated rings. The topological polar surface area (TPSA) is 82.0 Å². The molecule has 4 N–H and O–H groups in total. The van der Waals surface area contributed by atoms with E-state index in [2.05, 4.69) is 5.32 Å². The highest BCUT2D eigenvalue weighted by Gasteiger charge is 2.22. The van der Waals surface area contributed by atoms with Crippen molar-refractivity contribution in [3.63, 3.8) is 0 Å². The Morgan fingerprint density at radius 2 is 1.83 bits per heavy atom. The summed E-state index contributed by atoms with van der Waals surface area (Å²) in [6.45, 7) is 1.68. The van der Waals surface area contributed by atoms with Gasteiger partial charge in [-0.2, -0.15) is 0 Å². The van der Waals surface area contributed by atoms with Crippen LogP contribution >= 0.6 is 0 Å². The first-order chi connectivity index (χ1) is 8.59. The molecule has 1 aromatic rings. The first kappa shape index (κ1) is 14.9. The largest absolute Gasteiger partial charge is 0.491 e. The summed E-state index contributed by atoms with van der Waals surface area (Å²) in [5.74, 6) is 0.698. The molecule has 5 heteroatoms. The minimum absolute atomic E-state index is 0.157. The van der Waals surface area contributed by atoms with Gasteiger partial charge in [0.15, 0.2) is 0 Å². The Morgan fingerprint density at radius 3 is 2.39 bits per heavy atom. The molecule has 1 aromatic carbocycles. The fourth-order valence-corrected chi connectivity index (χ4v) is 1.29. The van der Waals surface area contributed by atoms with Crippen molar-refractivity contribution in [3.05, 3.63) is 30.3 Å². The fourth-order valence-electron chi connectivity index (χ4n) is 1.29. The van der Waals surface area contributed by atoms with Gasteiger partial charge in [-0.15, -0.1) is 0 Å². The highest BCUT2D eigenvalue weighted by atomic mass is 16.5. The number of benzene rings is 1. The number of para-hydroxylation sites is 1. The van der Waals surface area contributed by atoms with Crippen LogP contribution in [-0.2, 0) is 0 Å². The summed E-state index contributed by atoms with van der Waals surface area (Å²) in [4.78, 5) is 0. The van der Waals surface area contributed by atoms with Gasteiger partial charge < -0.3 is 25.4 Å². The van der Waals surface area contributed by atoms with Crippen molar-refractivity contribution in [1.82, 2.24) is 5.32 Å². The molecule has 0 aliphatic carbocycles. The van der Waals surface area contributed by atoms with E-state index in [1.165, 1.54) is 0 Å². The molecular weight excluding hydrogens is 234 g/mol. The van der Waals surface area contributed by atoms with Gasteiger partial charge >= 0.3 is 0 Å². The molecule has 0 aliphatic rings. The van der Waals surface area contributed by atoms with Crippen LogP contribution in [0.1, 0.15) is 6.92 Å². The van der Waals surface area contributed by atoms with E-state index in [0.717, 1.165) is 0 Å². The molecule has 0 spiro atoms. The molecule has 0 aromatic heterocycles. The molecule has 102 valence electrons. The molecule has 0 saturated heterocycles. The molecule has 5 nitrogen and oxygen atoms in total. The van der Waals surface area contributed by atoms with Crippen LogP contribution in [-0.4, -0.2) is 53.3 Å². The molecular formula is C13H21NO4. The zero-order valence-electron chi connectivity index (χ0n) is 10.5. The minimum atomic E-state index is -0.784. The third-order valence-electron chi connectivity index (χ3n) is 2.65. The number of nitrogens with one attached hydrogen (secondary N) is 1. The van der Waals surface area contributed by atoms with Gasteiger partial charge in [0, 0.05) is 6.54 Å². The smallest absolute Gasteiger partial charge is 0.119 e. The van der Waals surface area contributed by atoms with Crippen LogP contribution in [0.5, 0.6) is 5.75 Å². The maximum atomic E-state index is 9.71. The van der Waals surface area contributed by atoms with Gasteiger partial charge in [-0.25, -0.2) is 0 Å². The van der Waals surface area contributed by atoms with Gasteiger partial charge in [0.2, 0.25) is 0 Å². The van der Waals surface area contributed by atoms with Crippen molar-refractivity contribution >= 4 is 0 Å². The molecule has 1 atom stereocenters. The van der Waals surface area contributed by atoms with Crippen LogP contribution in [0.2, 0.25) is 0 Å². The Morgan fingerprint density at radius 1 is 1.22 bits per heavy atom. The zero-order chi connectivity index (χ0) is 13.4. The van der Waals surface area contributed by atoms with Gasteiger partial charge in [0.25, 0.3) is 0 Å². The Balaban J connectivity index is 2.28. The number of hydrogen-bond donors (Lipinski definition) is 4. The second kappa shape index (κ2) is 7.33. The Kier molecular flexibility index (Phi) is 6.07. The van der Waals surface area contributed by atoms with E-state index in [0.29, 0.717) is 5.75 Å². The van der Waals surface area contributed by atoms with E-state index < -0.39 is 11.6 Å². The van der Waals surface area contributed by atoms with Gasteiger partial charge in [0.05, 0.1) is 18.8 Å². The number of rotatable bonds is 8. The maximum Gasteiger partial charge on any atom is 0.119 e. The van der Waals surface area contributed by atoms with Crippen LogP contribution in [0.4, 0.5) is 0 Å². The monoisotopic (exact) mass is 255 g/mol. The van der Waals surface area contributed by atoms with Crippen molar-refractivity contribution in [2.75, 3.05) is 26.4 Å². The van der Waals surface area contributed by atoms with Crippen LogP contribution < -0.4 is 10.1 Å². The van der Waals surface area contributed by atoms with E-state index in [1.54, 1.807) is 6.92 Å². The molecule has 1 unspecified atom stereocenters. The molecule has 1 rings (SSSR count). The Hall–Kier alpha value is -1.14. The van der Waals surface area contributed by atoms with Crippen LogP contribution in [0.3, 0.4) is 0 Å². The highest BCUT2D eigenvalue weighted by Crippen LogP contribution is 2.08. The second-order valence-corrected chi connectivity index (χ2v) is 4.54. The van der Waals surface area contributed by atoms with E-state index in [4.69, 9.17) is 14.9 Å².